The van der Waals surface area contributed by atoms with Gasteiger partial charge in [-0.3, -0.25) is 10.7 Å². The lowest BCUT2D eigenvalue weighted by Crippen LogP contribution is -2.25. The van der Waals surface area contributed by atoms with E-state index in [0.29, 0.717) is 12.3 Å². The van der Waals surface area contributed by atoms with Crippen LogP contribution in [-0.2, 0) is 4.74 Å². The molecule has 0 fully saturated rings. The van der Waals surface area contributed by atoms with Gasteiger partial charge in [-0.2, -0.15) is 5.10 Å². The van der Waals surface area contributed by atoms with Gasteiger partial charge in [0.15, 0.2) is 5.11 Å². The summed E-state index contributed by atoms with van der Waals surface area (Å²) in [5, 5.41) is 7.19. The standard InChI is InChI=1S/C17H16N4O2S/c1-2-23-17(22)19-13-9-5-8-12-14(13)10-6-3-4-7-11(10)15(12)20-21-16(18)24/h3-9H,2H2,1H3,(H,19,22)(H3,18,21,24)/b20-15+. The van der Waals surface area contributed by atoms with Crippen molar-refractivity contribution in [3.8, 4) is 11.1 Å². The maximum Gasteiger partial charge on any atom is 0.411 e. The minimum atomic E-state index is -0.491. The minimum absolute atomic E-state index is 0.0919. The molecule has 0 saturated heterocycles. The number of thiocarbonyl (C=S) groups is 1. The Morgan fingerprint density at radius 1 is 1.17 bits per heavy atom. The fourth-order valence-corrected chi connectivity index (χ4v) is 2.75. The van der Waals surface area contributed by atoms with Crippen molar-refractivity contribution in [3.05, 3.63) is 53.6 Å². The molecule has 0 spiro atoms. The Morgan fingerprint density at radius 2 is 1.88 bits per heavy atom. The van der Waals surface area contributed by atoms with E-state index in [9.17, 15) is 4.79 Å². The van der Waals surface area contributed by atoms with E-state index in [0.717, 1.165) is 28.0 Å². The number of nitrogens with one attached hydrogen (secondary N) is 2. The number of fused-ring (bicyclic) bond motifs is 3. The normalized spacial score (nSPS) is 13.1. The highest BCUT2D eigenvalue weighted by Crippen LogP contribution is 2.41. The van der Waals surface area contributed by atoms with E-state index in [2.05, 4.69) is 15.8 Å². The first-order valence-corrected chi connectivity index (χ1v) is 7.82. The molecule has 3 rings (SSSR count). The number of carbonyl (C=O) groups excluding carboxylic acids is 1. The van der Waals surface area contributed by atoms with Gasteiger partial charge in [-0.15, -0.1) is 0 Å². The number of hydrogen-bond acceptors (Lipinski definition) is 4. The third-order valence-corrected chi connectivity index (χ3v) is 3.65. The Kier molecular flexibility index (Phi) is 4.43. The van der Waals surface area contributed by atoms with Crippen LogP contribution < -0.4 is 16.5 Å². The van der Waals surface area contributed by atoms with Gasteiger partial charge in [-0.05, 0) is 30.8 Å². The fraction of sp³-hybridized carbons (Fsp3) is 0.118. The number of hydrogen-bond donors (Lipinski definition) is 3. The zero-order chi connectivity index (χ0) is 17.1. The van der Waals surface area contributed by atoms with Crippen LogP contribution in [0, 0.1) is 0 Å². The van der Waals surface area contributed by atoms with Crippen LogP contribution in [0.1, 0.15) is 18.1 Å². The van der Waals surface area contributed by atoms with Crippen molar-refractivity contribution in [1.29, 1.82) is 0 Å². The van der Waals surface area contributed by atoms with Crippen LogP contribution in [0.2, 0.25) is 0 Å². The molecule has 1 aliphatic carbocycles. The summed E-state index contributed by atoms with van der Waals surface area (Å²) in [6.45, 7) is 2.07. The molecule has 1 aliphatic rings. The average Bonchev–Trinajstić information content (AvgIpc) is 2.88. The molecule has 0 aromatic heterocycles. The van der Waals surface area contributed by atoms with E-state index >= 15 is 0 Å². The first-order chi connectivity index (χ1) is 11.6. The van der Waals surface area contributed by atoms with Gasteiger partial charge in [0.05, 0.1) is 18.0 Å². The molecule has 0 aliphatic heterocycles. The third-order valence-electron chi connectivity index (χ3n) is 3.56. The SMILES string of the molecule is CCOC(=O)Nc1cccc2c1-c1ccccc1/C2=N\NC(N)=S. The summed E-state index contributed by atoms with van der Waals surface area (Å²) in [5.74, 6) is 0. The molecule has 0 heterocycles. The van der Waals surface area contributed by atoms with Crippen molar-refractivity contribution in [2.24, 2.45) is 10.8 Å². The molecule has 7 heteroatoms. The summed E-state index contributed by atoms with van der Waals surface area (Å²) in [7, 11) is 0. The number of hydrazone groups is 1. The lowest BCUT2D eigenvalue weighted by Gasteiger charge is -2.10. The molecular formula is C17H16N4O2S. The van der Waals surface area contributed by atoms with Crippen molar-refractivity contribution >= 4 is 34.8 Å². The van der Waals surface area contributed by atoms with Gasteiger partial charge >= 0.3 is 6.09 Å². The minimum Gasteiger partial charge on any atom is -0.450 e. The number of amides is 1. The summed E-state index contributed by atoms with van der Waals surface area (Å²) < 4.78 is 4.97. The van der Waals surface area contributed by atoms with Gasteiger partial charge < -0.3 is 10.5 Å². The molecular weight excluding hydrogens is 324 g/mol. The maximum atomic E-state index is 11.8. The number of nitrogens with two attached hydrogens (primary N) is 1. The smallest absolute Gasteiger partial charge is 0.411 e. The van der Waals surface area contributed by atoms with Crippen LogP contribution in [0.5, 0.6) is 0 Å². The molecule has 0 bridgehead atoms. The summed E-state index contributed by atoms with van der Waals surface area (Å²) >= 11 is 4.83. The van der Waals surface area contributed by atoms with Gasteiger partial charge in [0.25, 0.3) is 0 Å². The predicted molar refractivity (Wildman–Crippen MR) is 98.1 cm³/mol. The number of benzene rings is 2. The molecule has 0 unspecified atom stereocenters. The van der Waals surface area contributed by atoms with Crippen molar-refractivity contribution in [2.75, 3.05) is 11.9 Å². The summed E-state index contributed by atoms with van der Waals surface area (Å²) in [6, 6.07) is 13.4. The van der Waals surface area contributed by atoms with E-state index in [1.165, 1.54) is 0 Å². The second-order valence-corrected chi connectivity index (χ2v) is 5.50. The van der Waals surface area contributed by atoms with Crippen molar-refractivity contribution in [1.82, 2.24) is 5.43 Å². The zero-order valence-corrected chi connectivity index (χ0v) is 13.8. The monoisotopic (exact) mass is 340 g/mol. The van der Waals surface area contributed by atoms with E-state index in [1.54, 1.807) is 6.92 Å². The molecule has 122 valence electrons. The Balaban J connectivity index is 2.11. The Labute approximate surface area is 144 Å². The van der Waals surface area contributed by atoms with Gasteiger partial charge in [-0.25, -0.2) is 4.79 Å². The maximum absolute atomic E-state index is 11.8. The lowest BCUT2D eigenvalue weighted by atomic mass is 10.0. The Bertz CT molecular complexity index is 848. The number of ether oxygens (including phenoxy) is 1. The molecule has 0 saturated carbocycles. The van der Waals surface area contributed by atoms with Gasteiger partial charge in [0, 0.05) is 16.7 Å². The molecule has 2 aromatic rings. The number of anilines is 1. The van der Waals surface area contributed by atoms with Crippen molar-refractivity contribution < 1.29 is 9.53 Å². The highest BCUT2D eigenvalue weighted by atomic mass is 32.1. The molecule has 0 radical (unpaired) electrons. The summed E-state index contributed by atoms with van der Waals surface area (Å²) in [4.78, 5) is 11.8. The molecule has 24 heavy (non-hydrogen) atoms. The predicted octanol–water partition coefficient (Wildman–Crippen LogP) is 2.82. The number of carbonyl (C=O) groups is 1. The second kappa shape index (κ2) is 6.67. The summed E-state index contributed by atoms with van der Waals surface area (Å²) in [5.41, 5.74) is 13.2. The van der Waals surface area contributed by atoms with Gasteiger partial charge in [0.1, 0.15) is 0 Å². The van der Waals surface area contributed by atoms with E-state index in [4.69, 9.17) is 22.7 Å². The van der Waals surface area contributed by atoms with Crippen LogP contribution in [0.3, 0.4) is 0 Å². The average molecular weight is 340 g/mol. The molecule has 6 nitrogen and oxygen atoms in total. The van der Waals surface area contributed by atoms with Gasteiger partial charge in [-0.1, -0.05) is 36.4 Å². The van der Waals surface area contributed by atoms with Crippen LogP contribution in [-0.4, -0.2) is 23.5 Å². The Morgan fingerprint density at radius 3 is 2.58 bits per heavy atom. The van der Waals surface area contributed by atoms with Crippen molar-refractivity contribution in [3.63, 3.8) is 0 Å². The van der Waals surface area contributed by atoms with Gasteiger partial charge in [0.2, 0.25) is 0 Å². The van der Waals surface area contributed by atoms with Crippen molar-refractivity contribution in [2.45, 2.75) is 6.92 Å². The number of nitrogens with zero attached hydrogens (tertiary/aromatic N) is 1. The topological polar surface area (TPSA) is 88.7 Å². The highest BCUT2D eigenvalue weighted by molar-refractivity contribution is 7.80. The quantitative estimate of drug-likeness (QED) is 0.504. The van der Waals surface area contributed by atoms with Crippen LogP contribution in [0.25, 0.3) is 11.1 Å². The first kappa shape index (κ1) is 15.9. The molecule has 0 atom stereocenters. The number of rotatable bonds is 3. The fourth-order valence-electron chi connectivity index (χ4n) is 2.71. The lowest BCUT2D eigenvalue weighted by molar-refractivity contribution is 0.168. The third kappa shape index (κ3) is 2.93. The highest BCUT2D eigenvalue weighted by Gasteiger charge is 2.27. The van der Waals surface area contributed by atoms with Crippen LogP contribution in [0.15, 0.2) is 47.6 Å². The van der Waals surface area contributed by atoms with E-state index in [1.807, 2.05) is 42.5 Å². The Hall–Kier alpha value is -2.93. The summed E-state index contributed by atoms with van der Waals surface area (Å²) in [6.07, 6.45) is -0.491. The van der Waals surface area contributed by atoms with E-state index < -0.39 is 6.09 Å². The molecule has 4 N–H and O–H groups in total. The largest absolute Gasteiger partial charge is 0.450 e. The first-order valence-electron chi connectivity index (χ1n) is 7.42. The zero-order valence-electron chi connectivity index (χ0n) is 13.0. The van der Waals surface area contributed by atoms with Crippen LogP contribution >= 0.6 is 12.2 Å². The second-order valence-electron chi connectivity index (χ2n) is 5.06. The van der Waals surface area contributed by atoms with Crippen LogP contribution in [0.4, 0.5) is 10.5 Å². The molecule has 2 aromatic carbocycles. The molecule has 1 amide bonds. The van der Waals surface area contributed by atoms with E-state index in [-0.39, 0.29) is 5.11 Å².